The fourth-order valence-electron chi connectivity index (χ4n) is 3.74. The number of rotatable bonds is 11. The van der Waals surface area contributed by atoms with Gasteiger partial charge in [-0.15, -0.1) is 0 Å². The normalized spacial score (nSPS) is 14.0. The number of methoxy groups -OCH3 is 1. The molecule has 0 saturated heterocycles. The number of hydrogen-bond donors (Lipinski definition) is 3. The lowest BCUT2D eigenvalue weighted by Crippen LogP contribution is -2.55. The van der Waals surface area contributed by atoms with Crippen molar-refractivity contribution in [2.45, 2.75) is 57.4 Å². The Bertz CT molecular complexity index is 1030. The summed E-state index contributed by atoms with van der Waals surface area (Å²) in [5.74, 6) is -2.06. The Morgan fingerprint density at radius 3 is 2.06 bits per heavy atom. The maximum absolute atomic E-state index is 13.3. The van der Waals surface area contributed by atoms with E-state index < -0.39 is 47.6 Å². The number of carbonyl (C=O) groups excluding carboxylic acids is 3. The highest BCUT2D eigenvalue weighted by molar-refractivity contribution is 5.92. The van der Waals surface area contributed by atoms with Gasteiger partial charge < -0.3 is 21.1 Å². The van der Waals surface area contributed by atoms with Gasteiger partial charge in [-0.25, -0.2) is 4.79 Å². The van der Waals surface area contributed by atoms with Crippen LogP contribution in [0.2, 0.25) is 0 Å². The molecule has 10 heteroatoms. The minimum Gasteiger partial charge on any atom is -0.467 e. The first-order chi connectivity index (χ1) is 16.9. The summed E-state index contributed by atoms with van der Waals surface area (Å²) in [6.45, 7) is 3.68. The summed E-state index contributed by atoms with van der Waals surface area (Å²) in [5.41, 5.74) is 5.73. The molecule has 2 rings (SSSR count). The average Bonchev–Trinajstić information content (AvgIpc) is 2.82. The fraction of sp³-hybridized carbons (Fsp3) is 0.423. The molecule has 2 aromatic carbocycles. The van der Waals surface area contributed by atoms with E-state index in [1.807, 2.05) is 19.9 Å². The number of ether oxygens (including phenoxy) is 1. The molecule has 0 heterocycles. The molecule has 4 N–H and O–H groups in total. The molecule has 0 aromatic heterocycles. The predicted octanol–water partition coefficient (Wildman–Crippen LogP) is 3.01. The molecule has 36 heavy (non-hydrogen) atoms. The lowest BCUT2D eigenvalue weighted by atomic mass is 9.98. The fourth-order valence-corrected chi connectivity index (χ4v) is 3.74. The molecule has 7 nitrogen and oxygen atoms in total. The van der Waals surface area contributed by atoms with E-state index >= 15 is 0 Å². The van der Waals surface area contributed by atoms with Gasteiger partial charge in [0.1, 0.15) is 12.1 Å². The van der Waals surface area contributed by atoms with E-state index in [-0.39, 0.29) is 30.7 Å². The summed E-state index contributed by atoms with van der Waals surface area (Å²) >= 11 is 0. The Labute approximate surface area is 208 Å². The van der Waals surface area contributed by atoms with Crippen LogP contribution >= 0.6 is 0 Å². The number of esters is 1. The predicted molar refractivity (Wildman–Crippen MR) is 129 cm³/mol. The van der Waals surface area contributed by atoms with Crippen molar-refractivity contribution in [3.8, 4) is 0 Å². The van der Waals surface area contributed by atoms with Crippen LogP contribution in [0.5, 0.6) is 0 Å². The second-order valence-electron chi connectivity index (χ2n) is 8.93. The Hall–Kier alpha value is -3.40. The van der Waals surface area contributed by atoms with Gasteiger partial charge in [-0.2, -0.15) is 13.2 Å². The first-order valence-corrected chi connectivity index (χ1v) is 11.6. The zero-order valence-corrected chi connectivity index (χ0v) is 20.5. The van der Waals surface area contributed by atoms with Crippen LogP contribution in [0.3, 0.4) is 0 Å². The maximum atomic E-state index is 13.3. The maximum Gasteiger partial charge on any atom is 0.416 e. The molecular weight excluding hydrogens is 475 g/mol. The van der Waals surface area contributed by atoms with Crippen LogP contribution in [0.15, 0.2) is 54.6 Å². The second-order valence-corrected chi connectivity index (χ2v) is 8.93. The number of carbonyl (C=O) groups is 3. The largest absolute Gasteiger partial charge is 0.467 e. The highest BCUT2D eigenvalue weighted by Gasteiger charge is 2.34. The van der Waals surface area contributed by atoms with Gasteiger partial charge in [0.2, 0.25) is 11.8 Å². The zero-order chi connectivity index (χ0) is 26.9. The van der Waals surface area contributed by atoms with E-state index in [1.165, 1.54) is 25.3 Å². The van der Waals surface area contributed by atoms with Gasteiger partial charge in [-0.05, 0) is 36.0 Å². The Kier molecular flexibility index (Phi) is 10.5. The number of halogens is 3. The summed E-state index contributed by atoms with van der Waals surface area (Å²) in [7, 11) is 1.21. The highest BCUT2D eigenvalue weighted by atomic mass is 19.4. The quantitative estimate of drug-likeness (QED) is 0.405. The highest BCUT2D eigenvalue weighted by Crippen LogP contribution is 2.32. The molecule has 0 bridgehead atoms. The number of nitrogens with two attached hydrogens (primary N) is 1. The van der Waals surface area contributed by atoms with Crippen LogP contribution in [0.4, 0.5) is 13.2 Å². The van der Waals surface area contributed by atoms with Crippen LogP contribution in [-0.2, 0) is 38.1 Å². The molecular formula is C26H32F3N3O4. The van der Waals surface area contributed by atoms with Crippen molar-refractivity contribution in [1.82, 2.24) is 10.6 Å². The lowest BCUT2D eigenvalue weighted by molar-refractivity contribution is -0.145. The van der Waals surface area contributed by atoms with E-state index in [0.29, 0.717) is 0 Å². The third-order valence-electron chi connectivity index (χ3n) is 5.52. The monoisotopic (exact) mass is 507 g/mol. The number of alkyl halides is 3. The third kappa shape index (κ3) is 8.67. The summed E-state index contributed by atoms with van der Waals surface area (Å²) in [6.07, 6.45) is -4.55. The van der Waals surface area contributed by atoms with E-state index in [1.54, 1.807) is 24.3 Å². The molecule has 0 unspecified atom stereocenters. The van der Waals surface area contributed by atoms with Crippen molar-refractivity contribution < 1.29 is 32.3 Å². The molecule has 3 atom stereocenters. The van der Waals surface area contributed by atoms with Gasteiger partial charge in [-0.1, -0.05) is 62.4 Å². The van der Waals surface area contributed by atoms with Crippen molar-refractivity contribution in [3.63, 3.8) is 0 Å². The Morgan fingerprint density at radius 2 is 1.47 bits per heavy atom. The molecule has 2 aromatic rings. The van der Waals surface area contributed by atoms with Crippen LogP contribution in [-0.4, -0.2) is 43.0 Å². The topological polar surface area (TPSA) is 111 Å². The van der Waals surface area contributed by atoms with Gasteiger partial charge >= 0.3 is 12.1 Å². The van der Waals surface area contributed by atoms with E-state index in [4.69, 9.17) is 10.5 Å². The first-order valence-electron chi connectivity index (χ1n) is 11.6. The van der Waals surface area contributed by atoms with Gasteiger partial charge in [0.05, 0.1) is 18.7 Å². The number of benzene rings is 2. The molecule has 0 aliphatic carbocycles. The Morgan fingerprint density at radius 1 is 0.889 bits per heavy atom. The zero-order valence-electron chi connectivity index (χ0n) is 20.5. The Balaban J connectivity index is 2.14. The van der Waals surface area contributed by atoms with Crippen molar-refractivity contribution in [1.29, 1.82) is 0 Å². The minimum absolute atomic E-state index is 0.0195. The van der Waals surface area contributed by atoms with Crippen LogP contribution < -0.4 is 16.4 Å². The van der Waals surface area contributed by atoms with Crippen LogP contribution in [0.25, 0.3) is 0 Å². The molecule has 0 aliphatic heterocycles. The number of hydrogen-bond acceptors (Lipinski definition) is 5. The standard InChI is InChI=1S/C26H32F3N3O4/c1-16(2)13-21(24(34)32-22(25(35)36-3)14-17-9-5-4-6-10-17)31-23(33)20(30)15-18-11-7-8-12-19(18)26(27,28)29/h4-12,16,20-22H,13-15,30H2,1-3H3,(H,31,33)(H,32,34)/t20-,21-,22-/m0/s1. The third-order valence-corrected chi connectivity index (χ3v) is 5.52. The van der Waals surface area contributed by atoms with Gasteiger partial charge in [0, 0.05) is 6.42 Å². The molecule has 0 saturated carbocycles. The van der Waals surface area contributed by atoms with Crippen LogP contribution in [0, 0.1) is 5.92 Å². The van der Waals surface area contributed by atoms with Crippen molar-refractivity contribution in [2.24, 2.45) is 11.7 Å². The van der Waals surface area contributed by atoms with E-state index in [0.717, 1.165) is 11.6 Å². The molecule has 0 fully saturated rings. The van der Waals surface area contributed by atoms with Gasteiger partial charge in [0.25, 0.3) is 0 Å². The summed E-state index contributed by atoms with van der Waals surface area (Å²) in [4.78, 5) is 38.2. The first kappa shape index (κ1) is 28.8. The molecule has 196 valence electrons. The van der Waals surface area contributed by atoms with Gasteiger partial charge in [0.15, 0.2) is 0 Å². The number of nitrogens with one attached hydrogen (secondary N) is 2. The van der Waals surface area contributed by atoms with Crippen LogP contribution in [0.1, 0.15) is 37.0 Å². The summed E-state index contributed by atoms with van der Waals surface area (Å²) in [5, 5.41) is 5.17. The average molecular weight is 508 g/mol. The van der Waals surface area contributed by atoms with Crippen molar-refractivity contribution in [2.75, 3.05) is 7.11 Å². The van der Waals surface area contributed by atoms with Crippen molar-refractivity contribution >= 4 is 17.8 Å². The second kappa shape index (κ2) is 13.1. The molecule has 2 amide bonds. The van der Waals surface area contributed by atoms with E-state index in [2.05, 4.69) is 10.6 Å². The summed E-state index contributed by atoms with van der Waals surface area (Å²) in [6, 6.07) is 10.5. The summed E-state index contributed by atoms with van der Waals surface area (Å²) < 4.78 is 44.7. The lowest BCUT2D eigenvalue weighted by Gasteiger charge is -2.25. The minimum atomic E-state index is -4.59. The molecule has 0 spiro atoms. The van der Waals surface area contributed by atoms with Crippen molar-refractivity contribution in [3.05, 3.63) is 71.3 Å². The SMILES string of the molecule is COC(=O)[C@H](Cc1ccccc1)NC(=O)[C@H](CC(C)C)NC(=O)[C@@H](N)Cc1ccccc1C(F)(F)F. The molecule has 0 aliphatic rings. The smallest absolute Gasteiger partial charge is 0.416 e. The van der Waals surface area contributed by atoms with Gasteiger partial charge in [-0.3, -0.25) is 9.59 Å². The van der Waals surface area contributed by atoms with E-state index in [9.17, 15) is 27.6 Å². The molecule has 0 radical (unpaired) electrons. The number of amides is 2.